The number of hydrogen-bond acceptors (Lipinski definition) is 8. The molecular weight excluding hydrogens is 510 g/mol. The first kappa shape index (κ1) is 26.5. The minimum absolute atomic E-state index is 0.0206. The number of sulfonamides is 1. The number of amides is 3. The summed E-state index contributed by atoms with van der Waals surface area (Å²) in [6, 6.07) is 17.8. The number of nitrogens with zero attached hydrogens (tertiary/aromatic N) is 2. The predicted octanol–water partition coefficient (Wildman–Crippen LogP) is 3.16. The second-order valence-electron chi connectivity index (χ2n) is 8.74. The van der Waals surface area contributed by atoms with E-state index in [9.17, 15) is 27.7 Å². The standard InChI is InChI=1S/C26H25N5O6S/c27-24(32)17-11-13-31(14-12-17)23-10-9-19(16-22(23)29-35)25(33)28-20-6-4-5-18(15-20)26(34)30-38(36,37)21-7-2-1-3-8-21/h1-10,15-17H,11-14H2,(H2,27,32)(H,28,33)(H,30,34). The third-order valence-electron chi connectivity index (χ3n) is 6.24. The summed E-state index contributed by atoms with van der Waals surface area (Å²) in [5.74, 6) is -1.96. The Hall–Kier alpha value is -4.58. The molecule has 1 fully saturated rings. The second kappa shape index (κ2) is 11.2. The van der Waals surface area contributed by atoms with Gasteiger partial charge in [-0.25, -0.2) is 13.1 Å². The zero-order valence-corrected chi connectivity index (χ0v) is 21.0. The minimum Gasteiger partial charge on any atom is -0.370 e. The number of carbonyl (C=O) groups excluding carboxylic acids is 3. The van der Waals surface area contributed by atoms with Crippen molar-refractivity contribution in [1.82, 2.24) is 4.72 Å². The SMILES string of the molecule is NC(=O)C1CCN(c2ccc(C(=O)Nc3cccc(C(=O)NS(=O)(=O)c4ccccc4)c3)cc2N=O)CC1. The first-order valence-electron chi connectivity index (χ1n) is 11.7. The molecule has 0 radical (unpaired) electrons. The van der Waals surface area contributed by atoms with Gasteiger partial charge in [0.05, 0.1) is 10.6 Å². The molecule has 0 saturated carbocycles. The van der Waals surface area contributed by atoms with Crippen LogP contribution in [0.4, 0.5) is 17.1 Å². The summed E-state index contributed by atoms with van der Waals surface area (Å²) >= 11 is 0. The normalized spacial score (nSPS) is 13.9. The topological polar surface area (TPSA) is 168 Å². The summed E-state index contributed by atoms with van der Waals surface area (Å²) in [6.07, 6.45) is 1.12. The van der Waals surface area contributed by atoms with Gasteiger partial charge in [0, 0.05) is 35.8 Å². The number of rotatable bonds is 8. The number of nitroso groups, excluding NO2 is 1. The van der Waals surface area contributed by atoms with E-state index < -0.39 is 21.8 Å². The maximum Gasteiger partial charge on any atom is 0.265 e. The molecule has 1 aliphatic rings. The largest absolute Gasteiger partial charge is 0.370 e. The number of anilines is 2. The van der Waals surface area contributed by atoms with Gasteiger partial charge in [0.25, 0.3) is 21.8 Å². The van der Waals surface area contributed by atoms with Gasteiger partial charge in [-0.2, -0.15) is 0 Å². The second-order valence-corrected chi connectivity index (χ2v) is 10.4. The fraction of sp³-hybridized carbons (Fsp3) is 0.192. The molecule has 3 amide bonds. The van der Waals surface area contributed by atoms with Crippen LogP contribution < -0.4 is 20.7 Å². The van der Waals surface area contributed by atoms with Crippen molar-refractivity contribution in [3.8, 4) is 0 Å². The highest BCUT2D eigenvalue weighted by Crippen LogP contribution is 2.33. The van der Waals surface area contributed by atoms with Crippen LogP contribution in [-0.2, 0) is 14.8 Å². The van der Waals surface area contributed by atoms with Crippen molar-refractivity contribution in [2.45, 2.75) is 17.7 Å². The van der Waals surface area contributed by atoms with Crippen molar-refractivity contribution in [3.63, 3.8) is 0 Å². The summed E-state index contributed by atoms with van der Waals surface area (Å²) in [5, 5.41) is 5.71. The molecule has 0 atom stereocenters. The van der Waals surface area contributed by atoms with Crippen LogP contribution >= 0.6 is 0 Å². The Bertz CT molecular complexity index is 1480. The van der Waals surface area contributed by atoms with E-state index in [-0.39, 0.29) is 39.2 Å². The molecule has 12 heteroatoms. The van der Waals surface area contributed by atoms with E-state index >= 15 is 0 Å². The maximum atomic E-state index is 12.9. The molecule has 0 unspecified atom stereocenters. The van der Waals surface area contributed by atoms with Crippen LogP contribution in [0, 0.1) is 10.8 Å². The zero-order valence-electron chi connectivity index (χ0n) is 20.2. The number of carbonyl (C=O) groups is 3. The van der Waals surface area contributed by atoms with Crippen LogP contribution in [0.15, 0.2) is 82.9 Å². The molecule has 4 rings (SSSR count). The van der Waals surface area contributed by atoms with E-state index in [2.05, 4.69) is 10.5 Å². The molecule has 1 saturated heterocycles. The van der Waals surface area contributed by atoms with Gasteiger partial charge in [0.15, 0.2) is 0 Å². The number of benzene rings is 3. The van der Waals surface area contributed by atoms with E-state index in [0.29, 0.717) is 31.6 Å². The molecule has 11 nitrogen and oxygen atoms in total. The van der Waals surface area contributed by atoms with Gasteiger partial charge >= 0.3 is 0 Å². The first-order chi connectivity index (χ1) is 18.2. The lowest BCUT2D eigenvalue weighted by Crippen LogP contribution is -2.38. The molecule has 0 aromatic heterocycles. The van der Waals surface area contributed by atoms with E-state index in [1.807, 2.05) is 9.62 Å². The van der Waals surface area contributed by atoms with Crippen LogP contribution in [-0.4, -0.2) is 39.2 Å². The highest BCUT2D eigenvalue weighted by Gasteiger charge is 2.25. The Morgan fingerprint density at radius 1 is 0.868 bits per heavy atom. The van der Waals surface area contributed by atoms with Gasteiger partial charge in [0.2, 0.25) is 5.91 Å². The quantitative estimate of drug-likeness (QED) is 0.372. The average molecular weight is 536 g/mol. The highest BCUT2D eigenvalue weighted by molar-refractivity contribution is 7.90. The Balaban J connectivity index is 1.45. The van der Waals surface area contributed by atoms with Crippen molar-refractivity contribution in [2.24, 2.45) is 16.8 Å². The van der Waals surface area contributed by atoms with E-state index in [0.717, 1.165) is 0 Å². The number of nitrogens with one attached hydrogen (secondary N) is 2. The molecule has 3 aromatic rings. The summed E-state index contributed by atoms with van der Waals surface area (Å²) in [6.45, 7) is 1.05. The molecular formula is C26H25N5O6S. The number of hydrogen-bond donors (Lipinski definition) is 3. The van der Waals surface area contributed by atoms with Gasteiger partial charge in [-0.1, -0.05) is 24.3 Å². The van der Waals surface area contributed by atoms with E-state index in [1.54, 1.807) is 30.3 Å². The highest BCUT2D eigenvalue weighted by atomic mass is 32.2. The van der Waals surface area contributed by atoms with Gasteiger partial charge in [-0.05, 0) is 66.5 Å². The predicted molar refractivity (Wildman–Crippen MR) is 142 cm³/mol. The van der Waals surface area contributed by atoms with Crippen LogP contribution in [0.5, 0.6) is 0 Å². The van der Waals surface area contributed by atoms with Crippen LogP contribution in [0.25, 0.3) is 0 Å². The van der Waals surface area contributed by atoms with Crippen LogP contribution in [0.1, 0.15) is 33.6 Å². The van der Waals surface area contributed by atoms with Gasteiger partial charge in [0.1, 0.15) is 5.69 Å². The summed E-state index contributed by atoms with van der Waals surface area (Å²) in [4.78, 5) is 50.3. The van der Waals surface area contributed by atoms with E-state index in [4.69, 9.17) is 5.73 Å². The van der Waals surface area contributed by atoms with Crippen LogP contribution in [0.3, 0.4) is 0 Å². The fourth-order valence-corrected chi connectivity index (χ4v) is 5.19. The molecule has 1 heterocycles. The Labute approximate surface area is 219 Å². The van der Waals surface area contributed by atoms with Gasteiger partial charge in [-0.3, -0.25) is 14.4 Å². The molecule has 0 aliphatic carbocycles. The maximum absolute atomic E-state index is 12.9. The van der Waals surface area contributed by atoms with Crippen molar-refractivity contribution < 1.29 is 22.8 Å². The Morgan fingerprint density at radius 2 is 1.55 bits per heavy atom. The third kappa shape index (κ3) is 6.03. The van der Waals surface area contributed by atoms with Crippen LogP contribution in [0.2, 0.25) is 0 Å². The molecule has 0 bridgehead atoms. The smallest absolute Gasteiger partial charge is 0.265 e. The van der Waals surface area contributed by atoms with Crippen molar-refractivity contribution in [2.75, 3.05) is 23.3 Å². The molecule has 196 valence electrons. The minimum atomic E-state index is -4.07. The monoisotopic (exact) mass is 535 g/mol. The Morgan fingerprint density at radius 3 is 2.21 bits per heavy atom. The first-order valence-corrected chi connectivity index (χ1v) is 13.2. The number of piperidine rings is 1. The van der Waals surface area contributed by atoms with Crippen molar-refractivity contribution >= 4 is 44.8 Å². The lowest BCUT2D eigenvalue weighted by atomic mass is 9.95. The third-order valence-corrected chi connectivity index (χ3v) is 7.58. The zero-order chi connectivity index (χ0) is 27.3. The summed E-state index contributed by atoms with van der Waals surface area (Å²) < 4.78 is 26.9. The molecule has 0 spiro atoms. The molecule has 3 aromatic carbocycles. The summed E-state index contributed by atoms with van der Waals surface area (Å²) in [7, 11) is -4.07. The van der Waals surface area contributed by atoms with Gasteiger partial charge in [-0.15, -0.1) is 4.91 Å². The molecule has 4 N–H and O–H groups in total. The lowest BCUT2D eigenvalue weighted by Gasteiger charge is -2.32. The average Bonchev–Trinajstić information content (AvgIpc) is 2.93. The van der Waals surface area contributed by atoms with Crippen molar-refractivity contribution in [3.05, 3.63) is 88.8 Å². The van der Waals surface area contributed by atoms with Crippen molar-refractivity contribution in [1.29, 1.82) is 0 Å². The fourth-order valence-electron chi connectivity index (χ4n) is 4.19. The van der Waals surface area contributed by atoms with Gasteiger partial charge < -0.3 is 16.0 Å². The number of nitrogens with two attached hydrogens (primary N) is 1. The number of primary amides is 1. The molecule has 1 aliphatic heterocycles. The Kier molecular flexibility index (Phi) is 7.82. The lowest BCUT2D eigenvalue weighted by molar-refractivity contribution is -0.122. The van der Waals surface area contributed by atoms with E-state index in [1.165, 1.54) is 42.5 Å². The molecule has 38 heavy (non-hydrogen) atoms. The summed E-state index contributed by atoms with van der Waals surface area (Å²) in [5.41, 5.74) is 6.45.